The molecule has 0 radical (unpaired) electrons. The van der Waals surface area contributed by atoms with Gasteiger partial charge < -0.3 is 5.32 Å². The van der Waals surface area contributed by atoms with Crippen LogP contribution in [0.25, 0.3) is 5.69 Å². The summed E-state index contributed by atoms with van der Waals surface area (Å²) in [7, 11) is 0. The van der Waals surface area contributed by atoms with Gasteiger partial charge in [0.1, 0.15) is 0 Å². The molecule has 0 saturated heterocycles. The first kappa shape index (κ1) is 11.1. The van der Waals surface area contributed by atoms with E-state index in [1.165, 1.54) is 11.0 Å². The lowest BCUT2D eigenvalue weighted by Gasteiger charge is -1.98. The predicted octanol–water partition coefficient (Wildman–Crippen LogP) is 1.18. The lowest BCUT2D eigenvalue weighted by atomic mass is 10.3. The Morgan fingerprint density at radius 1 is 1.41 bits per heavy atom. The Bertz CT molecular complexity index is 518. The molecule has 0 aliphatic carbocycles. The molecule has 0 aliphatic rings. The lowest BCUT2D eigenvalue weighted by Crippen LogP contribution is -2.23. The third-order valence-corrected chi connectivity index (χ3v) is 2.12. The van der Waals surface area contributed by atoms with E-state index in [0.717, 1.165) is 5.69 Å². The number of nitrogens with zero attached hydrogens (tertiary/aromatic N) is 3. The molecule has 0 atom stereocenters. The molecule has 0 unspecified atom stereocenters. The van der Waals surface area contributed by atoms with Crippen LogP contribution in [0.2, 0.25) is 0 Å². The number of nitrogens with one attached hydrogen (secondary N) is 1. The summed E-state index contributed by atoms with van der Waals surface area (Å²) in [5, 5.41) is 10.8. The Balaban J connectivity index is 2.16. The number of carbonyl (C=O) groups excluding carboxylic acids is 1. The fourth-order valence-electron chi connectivity index (χ4n) is 1.31. The summed E-state index contributed by atoms with van der Waals surface area (Å²) in [4.78, 5) is 13.0. The van der Waals surface area contributed by atoms with E-state index >= 15 is 0 Å². The Morgan fingerprint density at radius 2 is 2.18 bits per heavy atom. The summed E-state index contributed by atoms with van der Waals surface area (Å²) in [5.74, 6) is -0.257. The topological polar surface area (TPSA) is 59.8 Å². The highest BCUT2D eigenvalue weighted by atomic mass is 16.2. The van der Waals surface area contributed by atoms with Gasteiger partial charge in [-0.3, -0.25) is 4.79 Å². The molecule has 0 spiro atoms. The van der Waals surface area contributed by atoms with Gasteiger partial charge >= 0.3 is 0 Å². The van der Waals surface area contributed by atoms with Crippen molar-refractivity contribution in [2.45, 2.75) is 0 Å². The van der Waals surface area contributed by atoms with Crippen molar-refractivity contribution in [3.63, 3.8) is 0 Å². The normalized spacial score (nSPS) is 9.88. The van der Waals surface area contributed by atoms with Gasteiger partial charge in [0.2, 0.25) is 0 Å². The first-order chi connectivity index (χ1) is 8.31. The van der Waals surface area contributed by atoms with Gasteiger partial charge in [0.05, 0.1) is 11.9 Å². The Morgan fingerprint density at radius 3 is 2.88 bits per heavy atom. The smallest absolute Gasteiger partial charge is 0.273 e. The van der Waals surface area contributed by atoms with Gasteiger partial charge in [-0.15, -0.1) is 11.7 Å². The van der Waals surface area contributed by atoms with Crippen molar-refractivity contribution in [3.05, 3.63) is 54.9 Å². The van der Waals surface area contributed by atoms with E-state index in [1.54, 1.807) is 6.08 Å². The first-order valence-electron chi connectivity index (χ1n) is 5.18. The molecule has 1 aromatic heterocycles. The maximum atomic E-state index is 11.6. The van der Waals surface area contributed by atoms with Crippen LogP contribution < -0.4 is 5.32 Å². The van der Waals surface area contributed by atoms with E-state index in [2.05, 4.69) is 22.1 Å². The predicted molar refractivity (Wildman–Crippen MR) is 63.9 cm³/mol. The van der Waals surface area contributed by atoms with Gasteiger partial charge in [0.15, 0.2) is 5.69 Å². The number of para-hydroxylation sites is 1. The lowest BCUT2D eigenvalue weighted by molar-refractivity contribution is 0.0952. The molecule has 0 saturated carbocycles. The largest absolute Gasteiger partial charge is 0.347 e. The zero-order chi connectivity index (χ0) is 12.1. The third-order valence-electron chi connectivity index (χ3n) is 2.12. The van der Waals surface area contributed by atoms with Gasteiger partial charge in [0.25, 0.3) is 5.91 Å². The second-order valence-electron chi connectivity index (χ2n) is 3.35. The van der Waals surface area contributed by atoms with Crippen molar-refractivity contribution in [2.75, 3.05) is 6.54 Å². The summed E-state index contributed by atoms with van der Waals surface area (Å²) in [6, 6.07) is 9.41. The second-order valence-corrected chi connectivity index (χ2v) is 3.35. The minimum absolute atomic E-state index is 0.257. The number of carbonyl (C=O) groups is 1. The standard InChI is InChI=1S/C12H12N4O/c1-2-8-13-12(17)11-9-14-16(15-11)10-6-4-3-5-7-10/h2-7,9H,1,8H2,(H,13,17). The molecular formula is C12H12N4O. The zero-order valence-electron chi connectivity index (χ0n) is 9.21. The molecule has 17 heavy (non-hydrogen) atoms. The molecule has 1 amide bonds. The van der Waals surface area contributed by atoms with Crippen LogP contribution in [0.15, 0.2) is 49.2 Å². The van der Waals surface area contributed by atoms with Gasteiger partial charge in [-0.1, -0.05) is 24.3 Å². The number of benzene rings is 1. The van der Waals surface area contributed by atoms with Crippen molar-refractivity contribution in [1.82, 2.24) is 20.3 Å². The molecule has 0 bridgehead atoms. The molecule has 1 heterocycles. The van der Waals surface area contributed by atoms with Crippen LogP contribution in [0.3, 0.4) is 0 Å². The van der Waals surface area contributed by atoms with Crippen LogP contribution in [-0.2, 0) is 0 Å². The van der Waals surface area contributed by atoms with Crippen molar-refractivity contribution < 1.29 is 4.79 Å². The Labute approximate surface area is 98.8 Å². The minimum atomic E-state index is -0.257. The van der Waals surface area contributed by atoms with E-state index < -0.39 is 0 Å². The molecule has 5 nitrogen and oxygen atoms in total. The van der Waals surface area contributed by atoms with Gasteiger partial charge in [-0.05, 0) is 12.1 Å². The van der Waals surface area contributed by atoms with E-state index in [4.69, 9.17) is 0 Å². The van der Waals surface area contributed by atoms with Crippen molar-refractivity contribution in [3.8, 4) is 5.69 Å². The maximum Gasteiger partial charge on any atom is 0.273 e. The fourth-order valence-corrected chi connectivity index (χ4v) is 1.31. The summed E-state index contributed by atoms with van der Waals surface area (Å²) in [5.41, 5.74) is 1.10. The first-order valence-corrected chi connectivity index (χ1v) is 5.18. The molecule has 0 aliphatic heterocycles. The monoisotopic (exact) mass is 228 g/mol. The zero-order valence-corrected chi connectivity index (χ0v) is 9.21. The van der Waals surface area contributed by atoms with Crippen molar-refractivity contribution in [2.24, 2.45) is 0 Å². The van der Waals surface area contributed by atoms with Gasteiger partial charge in [-0.2, -0.15) is 9.90 Å². The molecule has 2 rings (SSSR count). The number of hydrogen-bond acceptors (Lipinski definition) is 3. The second kappa shape index (κ2) is 5.07. The summed E-state index contributed by atoms with van der Waals surface area (Å²) in [6.07, 6.45) is 3.05. The minimum Gasteiger partial charge on any atom is -0.347 e. The third kappa shape index (κ3) is 2.57. The highest BCUT2D eigenvalue weighted by molar-refractivity contribution is 5.91. The molecule has 2 aromatic rings. The molecule has 1 aromatic carbocycles. The summed E-state index contributed by atoms with van der Waals surface area (Å²) >= 11 is 0. The molecule has 86 valence electrons. The number of rotatable bonds is 4. The van der Waals surface area contributed by atoms with E-state index in [0.29, 0.717) is 6.54 Å². The van der Waals surface area contributed by atoms with Crippen LogP contribution in [0.4, 0.5) is 0 Å². The summed E-state index contributed by atoms with van der Waals surface area (Å²) in [6.45, 7) is 3.94. The maximum absolute atomic E-state index is 11.6. The number of hydrogen-bond donors (Lipinski definition) is 1. The molecule has 1 N–H and O–H groups in total. The SMILES string of the molecule is C=CCNC(=O)c1cnn(-c2ccccc2)n1. The fraction of sp³-hybridized carbons (Fsp3) is 0.0833. The Hall–Kier alpha value is -2.43. The number of amides is 1. The van der Waals surface area contributed by atoms with Crippen LogP contribution in [0, 0.1) is 0 Å². The Kier molecular flexibility index (Phi) is 3.30. The van der Waals surface area contributed by atoms with E-state index in [-0.39, 0.29) is 11.6 Å². The highest BCUT2D eigenvalue weighted by Gasteiger charge is 2.09. The van der Waals surface area contributed by atoms with Crippen molar-refractivity contribution >= 4 is 5.91 Å². The quantitative estimate of drug-likeness (QED) is 0.799. The molecule has 5 heteroatoms. The average Bonchev–Trinajstić information content (AvgIpc) is 2.86. The van der Waals surface area contributed by atoms with Crippen LogP contribution in [0.1, 0.15) is 10.5 Å². The van der Waals surface area contributed by atoms with Crippen molar-refractivity contribution in [1.29, 1.82) is 0 Å². The highest BCUT2D eigenvalue weighted by Crippen LogP contribution is 2.03. The van der Waals surface area contributed by atoms with E-state index in [9.17, 15) is 4.79 Å². The van der Waals surface area contributed by atoms with E-state index in [1.807, 2.05) is 30.3 Å². The summed E-state index contributed by atoms with van der Waals surface area (Å²) < 4.78 is 0. The number of aromatic nitrogens is 3. The molecule has 0 fully saturated rings. The molecular weight excluding hydrogens is 216 g/mol. The van der Waals surface area contributed by atoms with Gasteiger partial charge in [-0.25, -0.2) is 0 Å². The van der Waals surface area contributed by atoms with Crippen LogP contribution in [0.5, 0.6) is 0 Å². The average molecular weight is 228 g/mol. The van der Waals surface area contributed by atoms with Gasteiger partial charge in [0, 0.05) is 6.54 Å². The van der Waals surface area contributed by atoms with Crippen LogP contribution in [-0.4, -0.2) is 27.4 Å². The van der Waals surface area contributed by atoms with Crippen LogP contribution >= 0.6 is 0 Å².